The molecule has 19 heteroatoms. The predicted octanol–water partition coefficient (Wildman–Crippen LogP) is 0.316. The summed E-state index contributed by atoms with van der Waals surface area (Å²) >= 11 is 1.15. The SMILES string of the molecule is C[S@@](=O)CC[C@@H]1NC(=O)c2csc(n2)[C@H](Cc2ccccc2)NC(=O)[C@@H]2CCCN2C(=O)[C@H](CCS(C)(=O)=O)NC(=O)[C@@H]2CCCN2C(=O)[C@@H]2CCCN2C1=O. The van der Waals surface area contributed by atoms with Crippen LogP contribution in [0.15, 0.2) is 35.7 Å². The van der Waals surface area contributed by atoms with Gasteiger partial charge in [0.15, 0.2) is 0 Å². The van der Waals surface area contributed by atoms with Crippen LogP contribution in [-0.4, -0.2) is 142 Å². The number of thiazole rings is 1. The molecule has 304 valence electrons. The molecule has 6 amide bonds. The van der Waals surface area contributed by atoms with Crippen molar-refractivity contribution in [3.05, 3.63) is 52.0 Å². The van der Waals surface area contributed by atoms with Gasteiger partial charge in [0.2, 0.25) is 29.5 Å². The number of carbonyl (C=O) groups is 6. The highest BCUT2D eigenvalue weighted by atomic mass is 32.2. The van der Waals surface area contributed by atoms with E-state index < -0.39 is 98.1 Å². The van der Waals surface area contributed by atoms with Gasteiger partial charge in [-0.25, -0.2) is 13.4 Å². The fraction of sp³-hybridized carbons (Fsp3) is 0.595. The Hall–Kier alpha value is -4.23. The molecule has 4 aliphatic rings. The maximum atomic E-state index is 14.3. The lowest BCUT2D eigenvalue weighted by Gasteiger charge is -2.34. The first-order valence-electron chi connectivity index (χ1n) is 19.0. The summed E-state index contributed by atoms with van der Waals surface area (Å²) in [5.74, 6) is -3.56. The number of hydrogen-bond acceptors (Lipinski definition) is 11. The lowest BCUT2D eigenvalue weighted by Crippen LogP contribution is -2.58. The number of hydrogen-bond donors (Lipinski definition) is 3. The van der Waals surface area contributed by atoms with Crippen molar-refractivity contribution in [3.63, 3.8) is 0 Å². The minimum absolute atomic E-state index is 0.0172. The van der Waals surface area contributed by atoms with Gasteiger partial charge < -0.3 is 30.7 Å². The molecule has 6 rings (SSSR count). The number of nitrogens with one attached hydrogen (secondary N) is 3. The van der Waals surface area contributed by atoms with Gasteiger partial charge >= 0.3 is 0 Å². The average Bonchev–Trinajstić information content (AvgIpc) is 4.00. The molecule has 1 aromatic heterocycles. The van der Waals surface area contributed by atoms with Crippen LogP contribution < -0.4 is 16.0 Å². The first-order chi connectivity index (χ1) is 26.7. The monoisotopic (exact) mass is 831 g/mol. The van der Waals surface area contributed by atoms with E-state index in [1.807, 2.05) is 30.3 Å². The molecule has 3 N–H and O–H groups in total. The molecule has 2 aromatic rings. The molecular weight excluding hydrogens is 783 g/mol. The van der Waals surface area contributed by atoms with Crippen LogP contribution in [0.3, 0.4) is 0 Å². The normalized spacial score (nSPS) is 27.5. The lowest BCUT2D eigenvalue weighted by molar-refractivity contribution is -0.148. The lowest BCUT2D eigenvalue weighted by atomic mass is 10.1. The van der Waals surface area contributed by atoms with Crippen molar-refractivity contribution in [3.8, 4) is 0 Å². The largest absolute Gasteiger partial charge is 0.345 e. The average molecular weight is 832 g/mol. The summed E-state index contributed by atoms with van der Waals surface area (Å²) in [5, 5.41) is 10.5. The molecule has 4 aliphatic heterocycles. The molecule has 16 nitrogen and oxygen atoms in total. The zero-order valence-corrected chi connectivity index (χ0v) is 34.0. The van der Waals surface area contributed by atoms with E-state index in [0.717, 1.165) is 23.2 Å². The maximum absolute atomic E-state index is 14.3. The highest BCUT2D eigenvalue weighted by Gasteiger charge is 2.45. The van der Waals surface area contributed by atoms with E-state index in [-0.39, 0.29) is 43.9 Å². The summed E-state index contributed by atoms with van der Waals surface area (Å²) in [6.45, 7) is 0.679. The number of aromatic nitrogens is 1. The fourth-order valence-corrected chi connectivity index (χ4v) is 10.1. The number of nitrogens with zero attached hydrogens (tertiary/aromatic N) is 4. The van der Waals surface area contributed by atoms with E-state index in [9.17, 15) is 41.4 Å². The van der Waals surface area contributed by atoms with E-state index >= 15 is 0 Å². The van der Waals surface area contributed by atoms with Gasteiger partial charge in [0.25, 0.3) is 5.91 Å². The molecule has 2 bridgehead atoms. The summed E-state index contributed by atoms with van der Waals surface area (Å²) < 4.78 is 36.8. The zero-order valence-electron chi connectivity index (χ0n) is 31.5. The summed E-state index contributed by atoms with van der Waals surface area (Å²) in [4.78, 5) is 93.3. The minimum Gasteiger partial charge on any atom is -0.345 e. The van der Waals surface area contributed by atoms with Gasteiger partial charge in [-0.15, -0.1) is 11.3 Å². The molecule has 0 radical (unpaired) electrons. The highest BCUT2D eigenvalue weighted by Crippen LogP contribution is 2.28. The van der Waals surface area contributed by atoms with Gasteiger partial charge in [-0.1, -0.05) is 30.3 Å². The topological polar surface area (TPSA) is 212 Å². The number of fused-ring (bicyclic) bond motifs is 5. The number of sulfone groups is 1. The number of benzene rings is 1. The number of rotatable bonds is 8. The van der Waals surface area contributed by atoms with Crippen molar-refractivity contribution in [2.24, 2.45) is 0 Å². The Bertz CT molecular complexity index is 1960. The Morgan fingerprint density at radius 3 is 1.88 bits per heavy atom. The molecule has 0 unspecified atom stereocenters. The van der Waals surface area contributed by atoms with Gasteiger partial charge in [0.1, 0.15) is 50.7 Å². The summed E-state index contributed by atoms with van der Waals surface area (Å²) in [5.41, 5.74) is 0.893. The second-order valence-corrected chi connectivity index (χ2v) is 19.7. The third-order valence-electron chi connectivity index (χ3n) is 10.8. The quantitative estimate of drug-likeness (QED) is 0.332. The van der Waals surface area contributed by atoms with Crippen molar-refractivity contribution < 1.29 is 41.4 Å². The van der Waals surface area contributed by atoms with Crippen LogP contribution in [0.2, 0.25) is 0 Å². The number of carbonyl (C=O) groups excluding carboxylic acids is 6. The molecular formula is C37H49N7O9S3. The molecule has 0 spiro atoms. The van der Waals surface area contributed by atoms with Gasteiger partial charge in [-0.05, 0) is 63.4 Å². The summed E-state index contributed by atoms with van der Waals surface area (Å²) in [6.07, 6.45) is 5.10. The maximum Gasteiger partial charge on any atom is 0.271 e. The molecule has 0 saturated carbocycles. The van der Waals surface area contributed by atoms with Crippen LogP contribution in [0.4, 0.5) is 0 Å². The molecule has 7 atom stereocenters. The zero-order chi connectivity index (χ0) is 40.1. The van der Waals surface area contributed by atoms with Gasteiger partial charge in [-0.2, -0.15) is 0 Å². The third kappa shape index (κ3) is 9.82. The van der Waals surface area contributed by atoms with Crippen LogP contribution in [-0.2, 0) is 51.0 Å². The first kappa shape index (κ1) is 41.4. The fourth-order valence-electron chi connectivity index (χ4n) is 7.99. The molecule has 3 fully saturated rings. The number of amides is 6. The van der Waals surface area contributed by atoms with Crippen LogP contribution >= 0.6 is 11.3 Å². The third-order valence-corrected chi connectivity index (χ3v) is 13.6. The molecule has 56 heavy (non-hydrogen) atoms. The smallest absolute Gasteiger partial charge is 0.271 e. The van der Waals surface area contributed by atoms with Crippen molar-refractivity contribution in [1.82, 2.24) is 35.6 Å². The van der Waals surface area contributed by atoms with E-state index in [1.54, 1.807) is 0 Å². The van der Waals surface area contributed by atoms with Crippen molar-refractivity contribution in [2.45, 2.75) is 94.0 Å². The van der Waals surface area contributed by atoms with E-state index in [2.05, 4.69) is 20.9 Å². The second-order valence-electron chi connectivity index (χ2n) is 15.0. The van der Waals surface area contributed by atoms with Gasteiger partial charge in [-0.3, -0.25) is 33.0 Å². The van der Waals surface area contributed by atoms with Crippen LogP contribution in [0, 0.1) is 0 Å². The standard InChI is InChI=1S/C37H49N7O9S3/c1-55(51)19-14-24-35(48)44-18-8-13-30(44)37(50)43-17-7-12-29(43)32(46)39-25(15-20-56(2,52)53)36(49)42-16-6-11-28(42)33(47)40-26(21-23-9-4-3-5-10-23)34-41-27(22-54-34)31(45)38-24/h3-5,9-10,22,24-26,28-30H,6-8,11-21H2,1-2H3,(H,38,45)(H,39,46)(H,40,47)/t24-,25-,26-,28-,29-,30-,55+/m0/s1. The van der Waals surface area contributed by atoms with Crippen molar-refractivity contribution in [1.29, 1.82) is 0 Å². The van der Waals surface area contributed by atoms with E-state index in [1.165, 1.54) is 26.3 Å². The second kappa shape index (κ2) is 17.9. The summed E-state index contributed by atoms with van der Waals surface area (Å²) in [6, 6.07) is 3.43. The molecule has 1 aromatic carbocycles. The molecule has 0 aliphatic carbocycles. The van der Waals surface area contributed by atoms with Gasteiger partial charge in [0.05, 0.1) is 11.8 Å². The Morgan fingerprint density at radius 1 is 0.750 bits per heavy atom. The van der Waals surface area contributed by atoms with Crippen LogP contribution in [0.1, 0.15) is 78.5 Å². The van der Waals surface area contributed by atoms with Crippen molar-refractivity contribution >= 4 is 67.4 Å². The minimum atomic E-state index is -3.55. The van der Waals surface area contributed by atoms with Crippen LogP contribution in [0.25, 0.3) is 0 Å². The Morgan fingerprint density at radius 2 is 1.29 bits per heavy atom. The predicted molar refractivity (Wildman–Crippen MR) is 208 cm³/mol. The van der Waals surface area contributed by atoms with Gasteiger partial charge in [0, 0.05) is 54.1 Å². The molecule has 5 heterocycles. The highest BCUT2D eigenvalue weighted by molar-refractivity contribution is 7.90. The Labute approximate surface area is 332 Å². The van der Waals surface area contributed by atoms with E-state index in [4.69, 9.17) is 0 Å². The van der Waals surface area contributed by atoms with Crippen LogP contribution in [0.5, 0.6) is 0 Å². The Kier molecular flexibility index (Phi) is 13.3. The van der Waals surface area contributed by atoms with Crippen molar-refractivity contribution in [2.75, 3.05) is 43.7 Å². The van der Waals surface area contributed by atoms with E-state index in [0.29, 0.717) is 50.0 Å². The molecule has 3 saturated heterocycles. The Balaban J connectivity index is 1.38. The first-order valence-corrected chi connectivity index (χ1v) is 23.7. The summed E-state index contributed by atoms with van der Waals surface area (Å²) in [7, 11) is -4.84.